The van der Waals surface area contributed by atoms with Crippen LogP contribution < -0.4 is 11.1 Å². The zero-order valence-electron chi connectivity index (χ0n) is 18.2. The number of primary amides is 1. The minimum absolute atomic E-state index is 0.127. The lowest BCUT2D eigenvalue weighted by Crippen LogP contribution is -2.18. The van der Waals surface area contributed by atoms with E-state index in [0.29, 0.717) is 11.5 Å². The molecule has 0 aliphatic carbocycles. The number of aromatic amines is 1. The topological polar surface area (TPSA) is 113 Å². The molecule has 0 radical (unpaired) electrons. The molecule has 166 valence electrons. The number of rotatable bonds is 6. The van der Waals surface area contributed by atoms with E-state index in [1.807, 2.05) is 71.6 Å². The van der Waals surface area contributed by atoms with Crippen LogP contribution in [0.25, 0.3) is 33.2 Å². The summed E-state index contributed by atoms with van der Waals surface area (Å²) in [5.41, 5.74) is 10.4. The van der Waals surface area contributed by atoms with Crippen LogP contribution >= 0.6 is 0 Å². The summed E-state index contributed by atoms with van der Waals surface area (Å²) >= 11 is 0. The Hall–Kier alpha value is -4.72. The highest BCUT2D eigenvalue weighted by Crippen LogP contribution is 2.38. The lowest BCUT2D eigenvalue weighted by molar-refractivity contribution is -0.115. The summed E-state index contributed by atoms with van der Waals surface area (Å²) in [5.74, 6) is 0.876. The first-order chi connectivity index (χ1) is 16.6. The SMILES string of the molecule is C=C(C(N)=O)N1CC1c1ccc(-c2nc(Nc3ccc4[nH]ncc4c3)c3ccccc3n2)cc1. The fourth-order valence-electron chi connectivity index (χ4n) is 4.18. The Morgan fingerprint density at radius 1 is 1.09 bits per heavy atom. The maximum atomic E-state index is 11.4. The highest BCUT2D eigenvalue weighted by Gasteiger charge is 2.37. The number of hydrogen-bond acceptors (Lipinski definition) is 6. The van der Waals surface area contributed by atoms with Crippen molar-refractivity contribution in [2.45, 2.75) is 6.04 Å². The highest BCUT2D eigenvalue weighted by molar-refractivity contribution is 5.93. The number of nitrogens with two attached hydrogens (primary N) is 1. The largest absolute Gasteiger partial charge is 0.364 e. The number of anilines is 2. The maximum absolute atomic E-state index is 11.4. The molecule has 4 N–H and O–H groups in total. The summed E-state index contributed by atoms with van der Waals surface area (Å²) in [4.78, 5) is 22.9. The van der Waals surface area contributed by atoms with Crippen molar-refractivity contribution >= 4 is 39.2 Å². The van der Waals surface area contributed by atoms with Crippen LogP contribution in [0.2, 0.25) is 0 Å². The second-order valence-corrected chi connectivity index (χ2v) is 8.31. The predicted octanol–water partition coefficient (Wildman–Crippen LogP) is 4.27. The molecule has 1 atom stereocenters. The monoisotopic (exact) mass is 447 g/mol. The summed E-state index contributed by atoms with van der Waals surface area (Å²) in [6.45, 7) is 4.50. The predicted molar refractivity (Wildman–Crippen MR) is 132 cm³/mol. The van der Waals surface area contributed by atoms with E-state index < -0.39 is 5.91 Å². The van der Waals surface area contributed by atoms with Gasteiger partial charge in [0.2, 0.25) is 0 Å². The average Bonchev–Trinajstić information content (AvgIpc) is 3.52. The van der Waals surface area contributed by atoms with Gasteiger partial charge < -0.3 is 16.0 Å². The first-order valence-electron chi connectivity index (χ1n) is 10.9. The minimum Gasteiger partial charge on any atom is -0.364 e. The molecule has 8 nitrogen and oxygen atoms in total. The molecule has 1 saturated heterocycles. The molecule has 1 fully saturated rings. The van der Waals surface area contributed by atoms with E-state index in [0.717, 1.165) is 51.0 Å². The van der Waals surface area contributed by atoms with Crippen LogP contribution in [-0.2, 0) is 4.79 Å². The number of para-hydroxylation sites is 1. The van der Waals surface area contributed by atoms with Crippen molar-refractivity contribution in [1.82, 2.24) is 25.1 Å². The molecule has 6 rings (SSSR count). The highest BCUT2D eigenvalue weighted by atomic mass is 16.1. The Bertz CT molecular complexity index is 1570. The third-order valence-corrected chi connectivity index (χ3v) is 6.10. The summed E-state index contributed by atoms with van der Waals surface area (Å²) in [7, 11) is 0. The van der Waals surface area contributed by atoms with Gasteiger partial charge in [0.05, 0.1) is 29.0 Å². The van der Waals surface area contributed by atoms with Gasteiger partial charge in [-0.15, -0.1) is 0 Å². The smallest absolute Gasteiger partial charge is 0.264 e. The molecule has 1 unspecified atom stereocenters. The van der Waals surface area contributed by atoms with Crippen molar-refractivity contribution in [1.29, 1.82) is 0 Å². The molecular formula is C26H21N7O. The van der Waals surface area contributed by atoms with Crippen molar-refractivity contribution in [3.63, 3.8) is 0 Å². The van der Waals surface area contributed by atoms with E-state index >= 15 is 0 Å². The second-order valence-electron chi connectivity index (χ2n) is 8.31. The van der Waals surface area contributed by atoms with E-state index in [2.05, 4.69) is 22.1 Å². The Kier molecular flexibility index (Phi) is 4.51. The molecule has 3 aromatic carbocycles. The maximum Gasteiger partial charge on any atom is 0.264 e. The standard InChI is InChI=1S/C26H21N7O/c1-15(24(27)34)33-14-23(33)16-6-8-17(9-7-16)25-30-22-5-3-2-4-20(22)26(31-25)29-19-10-11-21-18(12-19)13-28-32-21/h2-13,23H,1,14H2,(H2,27,34)(H,28,32)(H,29,30,31). The zero-order valence-corrected chi connectivity index (χ0v) is 18.2. The molecular weight excluding hydrogens is 426 g/mol. The normalized spacial score (nSPS) is 14.9. The van der Waals surface area contributed by atoms with Crippen molar-refractivity contribution in [3.05, 3.63) is 90.8 Å². The second kappa shape index (κ2) is 7.70. The van der Waals surface area contributed by atoms with Crippen LogP contribution in [0.4, 0.5) is 11.5 Å². The summed E-state index contributed by atoms with van der Waals surface area (Å²) < 4.78 is 0. The molecule has 2 aromatic heterocycles. The summed E-state index contributed by atoms with van der Waals surface area (Å²) in [5, 5.41) is 12.5. The number of benzene rings is 3. The minimum atomic E-state index is -0.490. The number of carbonyl (C=O) groups excluding carboxylic acids is 1. The number of nitrogens with one attached hydrogen (secondary N) is 2. The van der Waals surface area contributed by atoms with Crippen molar-refractivity contribution < 1.29 is 4.79 Å². The van der Waals surface area contributed by atoms with Crippen LogP contribution in [0, 0.1) is 0 Å². The third kappa shape index (κ3) is 3.51. The van der Waals surface area contributed by atoms with Crippen LogP contribution in [0.3, 0.4) is 0 Å². The molecule has 5 aromatic rings. The number of nitrogens with zero attached hydrogens (tertiary/aromatic N) is 4. The molecule has 8 heteroatoms. The molecule has 0 bridgehead atoms. The number of aromatic nitrogens is 4. The number of carbonyl (C=O) groups is 1. The fraction of sp³-hybridized carbons (Fsp3) is 0.0769. The van der Waals surface area contributed by atoms with Crippen molar-refractivity contribution in [2.24, 2.45) is 5.73 Å². The Morgan fingerprint density at radius 3 is 2.74 bits per heavy atom. The molecule has 34 heavy (non-hydrogen) atoms. The van der Waals surface area contributed by atoms with Crippen molar-refractivity contribution in [2.75, 3.05) is 11.9 Å². The molecule has 1 aliphatic heterocycles. The van der Waals surface area contributed by atoms with Crippen molar-refractivity contribution in [3.8, 4) is 11.4 Å². The van der Waals surface area contributed by atoms with Gasteiger partial charge in [0.15, 0.2) is 5.82 Å². The lowest BCUT2D eigenvalue weighted by Gasteiger charge is -2.12. The van der Waals surface area contributed by atoms with Gasteiger partial charge in [-0.2, -0.15) is 5.10 Å². The number of amides is 1. The number of H-pyrrole nitrogens is 1. The van der Waals surface area contributed by atoms with Gasteiger partial charge in [0, 0.05) is 28.6 Å². The van der Waals surface area contributed by atoms with E-state index in [9.17, 15) is 4.79 Å². The molecule has 0 saturated carbocycles. The molecule has 0 spiro atoms. The Labute approximate surface area is 195 Å². The van der Waals surface area contributed by atoms with Gasteiger partial charge >= 0.3 is 0 Å². The van der Waals surface area contributed by atoms with E-state index in [4.69, 9.17) is 15.7 Å². The molecule has 1 aliphatic rings. The van der Waals surface area contributed by atoms with Crippen LogP contribution in [0.1, 0.15) is 11.6 Å². The Balaban J connectivity index is 1.33. The van der Waals surface area contributed by atoms with E-state index in [-0.39, 0.29) is 6.04 Å². The van der Waals surface area contributed by atoms with Crippen LogP contribution in [0.15, 0.2) is 85.2 Å². The third-order valence-electron chi connectivity index (χ3n) is 6.10. The Morgan fingerprint density at radius 2 is 1.91 bits per heavy atom. The first kappa shape index (κ1) is 19.9. The van der Waals surface area contributed by atoms with Gasteiger partial charge in [-0.05, 0) is 35.9 Å². The van der Waals surface area contributed by atoms with Crippen LogP contribution in [0.5, 0.6) is 0 Å². The summed E-state index contributed by atoms with van der Waals surface area (Å²) in [6.07, 6.45) is 1.80. The number of fused-ring (bicyclic) bond motifs is 2. The number of hydrogen-bond donors (Lipinski definition) is 3. The molecule has 3 heterocycles. The quantitative estimate of drug-likeness (QED) is 0.265. The van der Waals surface area contributed by atoms with Gasteiger partial charge in [0.25, 0.3) is 5.91 Å². The average molecular weight is 448 g/mol. The van der Waals surface area contributed by atoms with Gasteiger partial charge in [-0.1, -0.05) is 43.0 Å². The summed E-state index contributed by atoms with van der Waals surface area (Å²) in [6, 6.07) is 22.2. The lowest BCUT2D eigenvalue weighted by atomic mass is 10.1. The van der Waals surface area contributed by atoms with E-state index in [1.165, 1.54) is 0 Å². The van der Waals surface area contributed by atoms with Crippen LogP contribution in [-0.4, -0.2) is 37.5 Å². The van der Waals surface area contributed by atoms with Gasteiger partial charge in [-0.25, -0.2) is 9.97 Å². The van der Waals surface area contributed by atoms with E-state index in [1.54, 1.807) is 6.20 Å². The first-order valence-corrected chi connectivity index (χ1v) is 10.9. The molecule has 1 amide bonds. The van der Waals surface area contributed by atoms with Gasteiger partial charge in [0.1, 0.15) is 5.82 Å². The van der Waals surface area contributed by atoms with Gasteiger partial charge in [-0.3, -0.25) is 9.89 Å². The fourth-order valence-corrected chi connectivity index (χ4v) is 4.18. The zero-order chi connectivity index (χ0) is 23.2.